The summed E-state index contributed by atoms with van der Waals surface area (Å²) in [6.07, 6.45) is 0. The van der Waals surface area contributed by atoms with Gasteiger partial charge in [-0.25, -0.2) is 4.39 Å². The molecule has 1 aliphatic rings. The third-order valence-corrected chi connectivity index (χ3v) is 4.81. The summed E-state index contributed by atoms with van der Waals surface area (Å²) in [6.45, 7) is 7.20. The van der Waals surface area contributed by atoms with Crippen molar-refractivity contribution >= 4 is 17.5 Å². The van der Waals surface area contributed by atoms with E-state index >= 15 is 0 Å². The monoisotopic (exact) mass is 340 g/mol. The molecule has 3 rings (SSSR count). The van der Waals surface area contributed by atoms with E-state index in [2.05, 4.69) is 10.6 Å². The van der Waals surface area contributed by atoms with Crippen LogP contribution >= 0.6 is 0 Å². The Morgan fingerprint density at radius 1 is 1.20 bits per heavy atom. The fourth-order valence-corrected chi connectivity index (χ4v) is 2.98. The minimum absolute atomic E-state index is 0.0800. The van der Waals surface area contributed by atoms with Gasteiger partial charge in [-0.1, -0.05) is 18.2 Å². The van der Waals surface area contributed by atoms with E-state index < -0.39 is 5.41 Å². The number of hydrogen-bond acceptors (Lipinski definition) is 2. The van der Waals surface area contributed by atoms with Crippen LogP contribution in [0.1, 0.15) is 53.9 Å². The molecule has 0 bridgehead atoms. The Hall–Kier alpha value is -2.69. The summed E-state index contributed by atoms with van der Waals surface area (Å²) in [6, 6.07) is 9.79. The number of aryl methyl sites for hydroxylation is 1. The minimum Gasteiger partial charge on any atom is -0.346 e. The molecule has 1 heterocycles. The van der Waals surface area contributed by atoms with E-state index in [-0.39, 0.29) is 23.7 Å². The lowest BCUT2D eigenvalue weighted by molar-refractivity contribution is -0.119. The third-order valence-electron chi connectivity index (χ3n) is 4.81. The Balaban J connectivity index is 1.79. The molecule has 0 radical (unpaired) electrons. The van der Waals surface area contributed by atoms with Gasteiger partial charge in [0.2, 0.25) is 5.91 Å². The highest BCUT2D eigenvalue weighted by Gasteiger charge is 2.38. The van der Waals surface area contributed by atoms with Crippen LogP contribution in [-0.2, 0) is 10.2 Å². The molecule has 2 aromatic rings. The normalized spacial score (nSPS) is 16.1. The van der Waals surface area contributed by atoms with Crippen molar-refractivity contribution in [2.75, 3.05) is 5.32 Å². The highest BCUT2D eigenvalue weighted by Crippen LogP contribution is 2.37. The van der Waals surface area contributed by atoms with Gasteiger partial charge in [-0.05, 0) is 62.6 Å². The van der Waals surface area contributed by atoms with E-state index in [1.165, 1.54) is 6.07 Å². The van der Waals surface area contributed by atoms with Crippen molar-refractivity contribution < 1.29 is 14.0 Å². The number of benzene rings is 2. The van der Waals surface area contributed by atoms with Crippen LogP contribution < -0.4 is 10.6 Å². The van der Waals surface area contributed by atoms with Crippen molar-refractivity contribution in [2.45, 2.75) is 39.2 Å². The SMILES string of the molecule is Cc1ccc(C(C)NC(=O)c2ccc3c(c2)NC(=O)C3(C)C)cc1F. The molecular formula is C20H21FN2O2. The fourth-order valence-electron chi connectivity index (χ4n) is 2.98. The number of carbonyl (C=O) groups excluding carboxylic acids is 2. The minimum atomic E-state index is -0.600. The molecule has 0 aliphatic carbocycles. The lowest BCUT2D eigenvalue weighted by atomic mass is 9.86. The predicted molar refractivity (Wildman–Crippen MR) is 95.1 cm³/mol. The second-order valence-corrected chi connectivity index (χ2v) is 7.04. The number of halogens is 1. The summed E-state index contributed by atoms with van der Waals surface area (Å²) in [4.78, 5) is 24.5. The first kappa shape index (κ1) is 17.1. The van der Waals surface area contributed by atoms with Gasteiger partial charge in [0.15, 0.2) is 0 Å². The molecule has 25 heavy (non-hydrogen) atoms. The Kier molecular flexibility index (Phi) is 4.11. The van der Waals surface area contributed by atoms with Crippen LogP contribution in [0.2, 0.25) is 0 Å². The molecule has 1 aliphatic heterocycles. The van der Waals surface area contributed by atoms with E-state index in [4.69, 9.17) is 0 Å². The van der Waals surface area contributed by atoms with Crippen LogP contribution in [0.3, 0.4) is 0 Å². The number of anilines is 1. The first-order valence-corrected chi connectivity index (χ1v) is 8.23. The molecule has 130 valence electrons. The maximum absolute atomic E-state index is 13.7. The van der Waals surface area contributed by atoms with Crippen LogP contribution in [0, 0.1) is 12.7 Å². The number of rotatable bonds is 3. The smallest absolute Gasteiger partial charge is 0.251 e. The highest BCUT2D eigenvalue weighted by atomic mass is 19.1. The van der Waals surface area contributed by atoms with Crippen LogP contribution in [0.5, 0.6) is 0 Å². The second-order valence-electron chi connectivity index (χ2n) is 7.04. The Labute approximate surface area is 146 Å². The largest absolute Gasteiger partial charge is 0.346 e. The summed E-state index contributed by atoms with van der Waals surface area (Å²) in [5.41, 5.74) is 2.67. The van der Waals surface area contributed by atoms with Gasteiger partial charge in [-0.3, -0.25) is 9.59 Å². The van der Waals surface area contributed by atoms with E-state index in [0.717, 1.165) is 5.56 Å². The highest BCUT2D eigenvalue weighted by molar-refractivity contribution is 6.07. The molecule has 0 spiro atoms. The zero-order valence-corrected chi connectivity index (χ0v) is 14.7. The van der Waals surface area contributed by atoms with Gasteiger partial charge in [0.05, 0.1) is 11.5 Å². The molecule has 0 saturated carbocycles. The third kappa shape index (κ3) is 3.02. The van der Waals surface area contributed by atoms with Crippen LogP contribution in [0.4, 0.5) is 10.1 Å². The lowest BCUT2D eigenvalue weighted by Gasteiger charge is -2.17. The maximum atomic E-state index is 13.7. The predicted octanol–water partition coefficient (Wildman–Crippen LogP) is 3.85. The van der Waals surface area contributed by atoms with E-state index in [0.29, 0.717) is 22.4 Å². The summed E-state index contributed by atoms with van der Waals surface area (Å²) in [5.74, 6) is -0.639. The van der Waals surface area contributed by atoms with Crippen molar-refractivity contribution in [2.24, 2.45) is 0 Å². The Morgan fingerprint density at radius 3 is 2.60 bits per heavy atom. The van der Waals surface area contributed by atoms with E-state index in [1.807, 2.05) is 13.8 Å². The topological polar surface area (TPSA) is 58.2 Å². The Morgan fingerprint density at radius 2 is 1.92 bits per heavy atom. The first-order chi connectivity index (χ1) is 11.7. The van der Waals surface area contributed by atoms with Crippen LogP contribution in [0.15, 0.2) is 36.4 Å². The first-order valence-electron chi connectivity index (χ1n) is 8.23. The van der Waals surface area contributed by atoms with Gasteiger partial charge >= 0.3 is 0 Å². The average Bonchev–Trinajstić information content (AvgIpc) is 2.79. The zero-order valence-electron chi connectivity index (χ0n) is 14.7. The molecule has 1 unspecified atom stereocenters. The quantitative estimate of drug-likeness (QED) is 0.891. The van der Waals surface area contributed by atoms with E-state index in [1.54, 1.807) is 44.2 Å². The van der Waals surface area contributed by atoms with Gasteiger partial charge in [-0.2, -0.15) is 0 Å². The molecule has 2 amide bonds. The molecule has 2 N–H and O–H groups in total. The molecule has 4 nitrogen and oxygen atoms in total. The summed E-state index contributed by atoms with van der Waals surface area (Å²) in [5, 5.41) is 5.68. The van der Waals surface area contributed by atoms with Gasteiger partial charge in [-0.15, -0.1) is 0 Å². The summed E-state index contributed by atoms with van der Waals surface area (Å²) >= 11 is 0. The van der Waals surface area contributed by atoms with Crippen LogP contribution in [-0.4, -0.2) is 11.8 Å². The summed E-state index contributed by atoms with van der Waals surface area (Å²) < 4.78 is 13.7. The van der Waals surface area contributed by atoms with Gasteiger partial charge in [0, 0.05) is 11.3 Å². The molecule has 2 aromatic carbocycles. The van der Waals surface area contributed by atoms with Gasteiger partial charge in [0.1, 0.15) is 5.82 Å². The molecule has 0 saturated heterocycles. The average molecular weight is 340 g/mol. The van der Waals surface area contributed by atoms with Crippen molar-refractivity contribution in [1.29, 1.82) is 0 Å². The van der Waals surface area contributed by atoms with Gasteiger partial charge in [0.25, 0.3) is 5.91 Å². The van der Waals surface area contributed by atoms with Crippen LogP contribution in [0.25, 0.3) is 0 Å². The standard InChI is InChI=1S/C20H21FN2O2/c1-11-5-6-13(9-16(11)21)12(2)22-18(24)14-7-8-15-17(10-14)23-19(25)20(15,3)4/h5-10,12H,1-4H3,(H,22,24)(H,23,25). The molecule has 0 fully saturated rings. The lowest BCUT2D eigenvalue weighted by Crippen LogP contribution is -2.27. The van der Waals surface area contributed by atoms with Gasteiger partial charge < -0.3 is 10.6 Å². The number of carbonyl (C=O) groups is 2. The molecule has 1 atom stereocenters. The summed E-state index contributed by atoms with van der Waals surface area (Å²) in [7, 11) is 0. The second kappa shape index (κ2) is 5.99. The fraction of sp³-hybridized carbons (Fsp3) is 0.300. The molecule has 0 aromatic heterocycles. The van der Waals surface area contributed by atoms with E-state index in [9.17, 15) is 14.0 Å². The number of hydrogen-bond donors (Lipinski definition) is 2. The Bertz CT molecular complexity index is 874. The van der Waals surface area contributed by atoms with Crippen molar-refractivity contribution in [3.8, 4) is 0 Å². The van der Waals surface area contributed by atoms with Crippen molar-refractivity contribution in [3.63, 3.8) is 0 Å². The van der Waals surface area contributed by atoms with Crippen molar-refractivity contribution in [1.82, 2.24) is 5.32 Å². The number of fused-ring (bicyclic) bond motifs is 1. The zero-order chi connectivity index (χ0) is 18.4. The molecular weight excluding hydrogens is 319 g/mol. The molecule has 5 heteroatoms. The number of amides is 2. The maximum Gasteiger partial charge on any atom is 0.251 e. The van der Waals surface area contributed by atoms with Crippen molar-refractivity contribution in [3.05, 3.63) is 64.5 Å². The number of nitrogens with one attached hydrogen (secondary N) is 2.